The Morgan fingerprint density at radius 2 is 1.88 bits per heavy atom. The van der Waals surface area contributed by atoms with Crippen LogP contribution in [-0.4, -0.2) is 32.9 Å². The molecule has 10 heteroatoms. The van der Waals surface area contributed by atoms with Gasteiger partial charge in [-0.1, -0.05) is 48.3 Å². The molecule has 0 saturated heterocycles. The fourth-order valence-electron chi connectivity index (χ4n) is 2.87. The first-order valence-corrected chi connectivity index (χ1v) is 11.2. The summed E-state index contributed by atoms with van der Waals surface area (Å²) < 4.78 is 5.38. The van der Waals surface area contributed by atoms with Crippen LogP contribution in [0.2, 0.25) is 10.0 Å². The average molecular weight is 487 g/mol. The molecule has 0 bridgehead atoms. The zero-order valence-corrected chi connectivity index (χ0v) is 19.0. The van der Waals surface area contributed by atoms with Gasteiger partial charge in [0.1, 0.15) is 0 Å². The number of esters is 1. The van der Waals surface area contributed by atoms with Gasteiger partial charge in [0.15, 0.2) is 16.9 Å². The van der Waals surface area contributed by atoms with Crippen LogP contribution in [0.5, 0.6) is 0 Å². The highest BCUT2D eigenvalue weighted by Crippen LogP contribution is 2.30. The highest BCUT2D eigenvalue weighted by molar-refractivity contribution is 7.14. The first-order valence-electron chi connectivity index (χ1n) is 9.59. The standard InChI is InChI=1S/C22H16Cl2N4O3S/c1-2-19(31-21(30)17-10-25-15-5-3-4-6-16(15)26-17)20(29)28-22-27-18(11-32-22)12-7-8-13(23)14(24)9-12/h3-11,19H,2H2,1H3,(H,27,28,29). The fraction of sp³-hybridized carbons (Fsp3) is 0.136. The molecule has 1 unspecified atom stereocenters. The Labute approximate surface area is 197 Å². The molecule has 1 amide bonds. The third-order valence-corrected chi connectivity index (χ3v) is 6.02. The number of hydrogen-bond acceptors (Lipinski definition) is 7. The normalized spacial score (nSPS) is 11.8. The second kappa shape index (κ2) is 9.60. The summed E-state index contributed by atoms with van der Waals surface area (Å²) in [6.07, 6.45) is 0.608. The van der Waals surface area contributed by atoms with E-state index in [1.54, 1.807) is 48.7 Å². The number of benzene rings is 2. The Morgan fingerprint density at radius 1 is 1.09 bits per heavy atom. The van der Waals surface area contributed by atoms with Gasteiger partial charge in [-0.3, -0.25) is 15.1 Å². The van der Waals surface area contributed by atoms with Gasteiger partial charge in [-0.15, -0.1) is 11.3 Å². The third kappa shape index (κ3) is 4.88. The summed E-state index contributed by atoms with van der Waals surface area (Å²) in [7, 11) is 0. The lowest BCUT2D eigenvalue weighted by Gasteiger charge is -2.14. The SMILES string of the molecule is CCC(OC(=O)c1cnc2ccccc2n1)C(=O)Nc1nc(-c2ccc(Cl)c(Cl)c2)cs1. The van der Waals surface area contributed by atoms with Gasteiger partial charge in [0, 0.05) is 10.9 Å². The maximum absolute atomic E-state index is 12.7. The lowest BCUT2D eigenvalue weighted by Crippen LogP contribution is -2.32. The maximum atomic E-state index is 12.7. The van der Waals surface area contributed by atoms with Gasteiger partial charge in [0.05, 0.1) is 33.0 Å². The second-order valence-corrected chi connectivity index (χ2v) is 8.37. The average Bonchev–Trinajstić information content (AvgIpc) is 3.27. The maximum Gasteiger partial charge on any atom is 0.359 e. The van der Waals surface area contributed by atoms with Crippen LogP contribution in [0.4, 0.5) is 5.13 Å². The number of amides is 1. The zero-order chi connectivity index (χ0) is 22.7. The number of anilines is 1. The molecule has 4 rings (SSSR count). The van der Waals surface area contributed by atoms with Gasteiger partial charge in [-0.05, 0) is 30.7 Å². The van der Waals surface area contributed by atoms with Gasteiger partial charge in [-0.2, -0.15) is 0 Å². The van der Waals surface area contributed by atoms with E-state index >= 15 is 0 Å². The van der Waals surface area contributed by atoms with E-state index in [-0.39, 0.29) is 12.1 Å². The number of hydrogen-bond donors (Lipinski definition) is 1. The zero-order valence-electron chi connectivity index (χ0n) is 16.7. The Kier molecular flexibility index (Phi) is 6.64. The van der Waals surface area contributed by atoms with E-state index < -0.39 is 18.0 Å². The number of rotatable bonds is 6. The molecular weight excluding hydrogens is 471 g/mol. The molecule has 2 heterocycles. The molecule has 32 heavy (non-hydrogen) atoms. The van der Waals surface area contributed by atoms with Crippen molar-refractivity contribution in [2.24, 2.45) is 0 Å². The molecule has 0 radical (unpaired) electrons. The van der Waals surface area contributed by atoms with Gasteiger partial charge in [0.2, 0.25) is 0 Å². The van der Waals surface area contributed by atoms with Crippen molar-refractivity contribution in [2.75, 3.05) is 5.32 Å². The van der Waals surface area contributed by atoms with Crippen LogP contribution in [0.1, 0.15) is 23.8 Å². The Hall–Kier alpha value is -3.07. The highest BCUT2D eigenvalue weighted by Gasteiger charge is 2.24. The predicted octanol–water partition coefficient (Wildman–Crippen LogP) is 5.63. The predicted molar refractivity (Wildman–Crippen MR) is 125 cm³/mol. The Bertz CT molecular complexity index is 1310. The van der Waals surface area contributed by atoms with Crippen LogP contribution in [0.25, 0.3) is 22.3 Å². The van der Waals surface area contributed by atoms with E-state index in [9.17, 15) is 9.59 Å². The minimum atomic E-state index is -1.01. The Morgan fingerprint density at radius 3 is 2.62 bits per heavy atom. The van der Waals surface area contributed by atoms with Crippen molar-refractivity contribution < 1.29 is 14.3 Å². The second-order valence-electron chi connectivity index (χ2n) is 6.70. The number of carbonyl (C=O) groups is 2. The van der Waals surface area contributed by atoms with Crippen molar-refractivity contribution in [3.8, 4) is 11.3 Å². The van der Waals surface area contributed by atoms with E-state index in [0.29, 0.717) is 31.9 Å². The molecule has 0 fully saturated rings. The molecule has 2 aromatic heterocycles. The highest BCUT2D eigenvalue weighted by atomic mass is 35.5. The molecule has 2 aromatic carbocycles. The van der Waals surface area contributed by atoms with Crippen molar-refractivity contribution in [3.05, 3.63) is 69.8 Å². The van der Waals surface area contributed by atoms with E-state index in [1.165, 1.54) is 17.5 Å². The largest absolute Gasteiger partial charge is 0.447 e. The van der Waals surface area contributed by atoms with Crippen molar-refractivity contribution in [3.63, 3.8) is 0 Å². The van der Waals surface area contributed by atoms with Gasteiger partial charge < -0.3 is 4.74 Å². The number of ether oxygens (including phenoxy) is 1. The summed E-state index contributed by atoms with van der Waals surface area (Å²) in [5.41, 5.74) is 2.67. The summed E-state index contributed by atoms with van der Waals surface area (Å²) in [5.74, 6) is -1.20. The monoisotopic (exact) mass is 486 g/mol. The molecule has 0 aliphatic heterocycles. The Balaban J connectivity index is 1.44. The molecule has 1 atom stereocenters. The third-order valence-electron chi connectivity index (χ3n) is 4.52. The first-order chi connectivity index (χ1) is 15.4. The number of carbonyl (C=O) groups excluding carboxylic acids is 2. The summed E-state index contributed by atoms with van der Waals surface area (Å²) in [6, 6.07) is 12.3. The lowest BCUT2D eigenvalue weighted by atomic mass is 10.2. The van der Waals surface area contributed by atoms with Crippen LogP contribution >= 0.6 is 34.5 Å². The van der Waals surface area contributed by atoms with Crippen LogP contribution in [-0.2, 0) is 9.53 Å². The first kappa shape index (κ1) is 22.1. The molecule has 1 N–H and O–H groups in total. The van der Waals surface area contributed by atoms with Gasteiger partial charge in [-0.25, -0.2) is 14.8 Å². The summed E-state index contributed by atoms with van der Waals surface area (Å²) >= 11 is 13.3. The van der Waals surface area contributed by atoms with Crippen LogP contribution in [0, 0.1) is 0 Å². The van der Waals surface area contributed by atoms with Crippen LogP contribution in [0.3, 0.4) is 0 Å². The summed E-state index contributed by atoms with van der Waals surface area (Å²) in [6.45, 7) is 1.74. The van der Waals surface area contributed by atoms with E-state index in [0.717, 1.165) is 5.56 Å². The van der Waals surface area contributed by atoms with Crippen molar-refractivity contribution in [1.82, 2.24) is 15.0 Å². The van der Waals surface area contributed by atoms with Crippen molar-refractivity contribution >= 4 is 62.6 Å². The number of aromatic nitrogens is 3. The lowest BCUT2D eigenvalue weighted by molar-refractivity contribution is -0.124. The number of halogens is 2. The smallest absolute Gasteiger partial charge is 0.359 e. The number of para-hydroxylation sites is 2. The number of nitrogens with one attached hydrogen (secondary N) is 1. The summed E-state index contributed by atoms with van der Waals surface area (Å²) in [5, 5.41) is 5.71. The van der Waals surface area contributed by atoms with Crippen LogP contribution in [0.15, 0.2) is 54.0 Å². The van der Waals surface area contributed by atoms with Crippen molar-refractivity contribution in [2.45, 2.75) is 19.4 Å². The molecular formula is C22H16Cl2N4O3S. The van der Waals surface area contributed by atoms with Gasteiger partial charge >= 0.3 is 5.97 Å². The number of fused-ring (bicyclic) bond motifs is 1. The molecule has 0 saturated carbocycles. The van der Waals surface area contributed by atoms with E-state index in [1.807, 2.05) is 6.07 Å². The topological polar surface area (TPSA) is 94.1 Å². The number of nitrogens with zero attached hydrogens (tertiary/aromatic N) is 3. The number of thiazole rings is 1. The van der Waals surface area contributed by atoms with E-state index in [2.05, 4.69) is 20.3 Å². The minimum Gasteiger partial charge on any atom is -0.447 e. The minimum absolute atomic E-state index is 0.0334. The molecule has 0 spiro atoms. The van der Waals surface area contributed by atoms with Crippen LogP contribution < -0.4 is 5.32 Å². The fourth-order valence-corrected chi connectivity index (χ4v) is 3.89. The van der Waals surface area contributed by atoms with Gasteiger partial charge in [0.25, 0.3) is 5.91 Å². The van der Waals surface area contributed by atoms with E-state index in [4.69, 9.17) is 27.9 Å². The summed E-state index contributed by atoms with van der Waals surface area (Å²) in [4.78, 5) is 38.1. The quantitative estimate of drug-likeness (QED) is 0.354. The molecule has 0 aliphatic rings. The molecule has 162 valence electrons. The molecule has 0 aliphatic carbocycles. The molecule has 7 nitrogen and oxygen atoms in total. The van der Waals surface area contributed by atoms with Crippen molar-refractivity contribution in [1.29, 1.82) is 0 Å². The molecule has 4 aromatic rings.